The number of H-pyrrole nitrogens is 1. The Kier molecular flexibility index (Phi) is 10.1. The number of aromatic nitrogens is 2. The lowest BCUT2D eigenvalue weighted by molar-refractivity contribution is -0.0508. The maximum atomic E-state index is 13.0. The molecule has 0 spiro atoms. The molecule has 0 aromatic carbocycles. The summed E-state index contributed by atoms with van der Waals surface area (Å²) in [5, 5.41) is -0.264. The first-order chi connectivity index (χ1) is 16.6. The molecule has 1 aromatic heterocycles. The van der Waals surface area contributed by atoms with Gasteiger partial charge < -0.3 is 13.6 Å². The summed E-state index contributed by atoms with van der Waals surface area (Å²) < 4.78 is 44.9. The molecule has 10 nitrogen and oxygen atoms in total. The topological polar surface area (TPSA) is 118 Å². The summed E-state index contributed by atoms with van der Waals surface area (Å²) in [6, 6.07) is 1.23. The fraction of sp³-hybridized carbons (Fsp3) is 0.826. The molecule has 0 saturated carbocycles. The molecule has 0 bridgehead atoms. The minimum atomic E-state index is -4.02. The number of rotatable bonds is 10. The lowest BCUT2D eigenvalue weighted by Crippen LogP contribution is -2.50. The predicted octanol–water partition coefficient (Wildman–Crippen LogP) is 5.61. The Morgan fingerprint density at radius 1 is 1.05 bits per heavy atom. The summed E-state index contributed by atoms with van der Waals surface area (Å²) in [5.41, 5.74) is -1.20. The smallest absolute Gasteiger partial charge is 0.414 e. The molecule has 1 unspecified atom stereocenters. The molecule has 1 saturated heterocycles. The lowest BCUT2D eigenvalue weighted by atomic mass is 10.1. The van der Waals surface area contributed by atoms with Crippen molar-refractivity contribution in [3.8, 4) is 0 Å². The Labute approximate surface area is 226 Å². The van der Waals surface area contributed by atoms with Crippen LogP contribution in [0.25, 0.3) is 0 Å². The average molecular weight is 599 g/mol. The molecule has 0 radical (unpaired) electrons. The van der Waals surface area contributed by atoms with Gasteiger partial charge in [0.25, 0.3) is 5.56 Å². The van der Waals surface area contributed by atoms with E-state index in [1.54, 1.807) is 6.92 Å². The zero-order valence-corrected chi connectivity index (χ0v) is 27.6. The van der Waals surface area contributed by atoms with E-state index < -0.39 is 59.4 Å². The van der Waals surface area contributed by atoms with Crippen molar-refractivity contribution in [3.63, 3.8) is 0 Å². The van der Waals surface area contributed by atoms with Crippen molar-refractivity contribution in [3.05, 3.63) is 33.1 Å². The zero-order chi connectivity index (χ0) is 28.6. The summed E-state index contributed by atoms with van der Waals surface area (Å²) in [4.78, 5) is 26.8. The molecular weight excluding hydrogens is 555 g/mol. The highest BCUT2D eigenvalue weighted by Gasteiger charge is 2.54. The molecule has 1 aromatic rings. The van der Waals surface area contributed by atoms with E-state index in [1.165, 1.54) is 16.8 Å². The quantitative estimate of drug-likeness (QED) is 0.272. The third kappa shape index (κ3) is 7.98. The van der Waals surface area contributed by atoms with Gasteiger partial charge in [-0.05, 0) is 43.2 Å². The summed E-state index contributed by atoms with van der Waals surface area (Å²) in [5.74, 6) is 0. The van der Waals surface area contributed by atoms with Gasteiger partial charge in [0.2, 0.25) is 0 Å². The highest BCUT2D eigenvalue weighted by atomic mass is 35.7. The molecular formula is C23H44ClN2O8PSi2. The molecule has 14 heteroatoms. The minimum Gasteiger partial charge on any atom is -0.414 e. The van der Waals surface area contributed by atoms with E-state index in [1.807, 2.05) is 0 Å². The molecule has 1 N–H and O–H groups in total. The van der Waals surface area contributed by atoms with Gasteiger partial charge in [0, 0.05) is 23.5 Å². The number of halogens is 1. The van der Waals surface area contributed by atoms with Crippen molar-refractivity contribution in [1.29, 1.82) is 0 Å². The Morgan fingerprint density at radius 2 is 1.62 bits per heavy atom. The zero-order valence-electron chi connectivity index (χ0n) is 23.9. The Balaban J connectivity index is 2.60. The fourth-order valence-electron chi connectivity index (χ4n) is 3.30. The number of hydrogen-bond donors (Lipinski definition) is 1. The van der Waals surface area contributed by atoms with Crippen molar-refractivity contribution in [2.45, 2.75) is 109 Å². The van der Waals surface area contributed by atoms with Crippen LogP contribution in [0, 0.1) is 0 Å². The molecule has 2 rings (SSSR count). The number of nitrogens with one attached hydrogen (secondary N) is 1. The predicted molar refractivity (Wildman–Crippen MR) is 150 cm³/mol. The first-order valence-corrected chi connectivity index (χ1v) is 20.8. The largest absolute Gasteiger partial charge is 0.424 e. The van der Waals surface area contributed by atoms with Crippen molar-refractivity contribution in [2.24, 2.45) is 0 Å². The lowest BCUT2D eigenvalue weighted by Gasteiger charge is -2.41. The molecule has 1 aliphatic rings. The first-order valence-electron chi connectivity index (χ1n) is 12.5. The fourth-order valence-corrected chi connectivity index (χ4v) is 7.08. The summed E-state index contributed by atoms with van der Waals surface area (Å²) in [6.45, 7) is 18.8. The standard InChI is InChI=1S/C23H44ClN2O8PSi2/c1-12-30-35(24,29)33-18-16(15-31-36(8,9)22(2,3)4)32-20(26-14-13-17(27)25-21(26)28)19(18)34-37(10,11)23(5,6)7/h13-14,16,18-20H,12,15H2,1-11H3,(H,25,27,28)/t16-,18-,19-,20-,35?/m1/s1. The van der Waals surface area contributed by atoms with Crippen molar-refractivity contribution in [1.82, 2.24) is 9.55 Å². The highest BCUT2D eigenvalue weighted by Crippen LogP contribution is 2.57. The molecule has 2 heterocycles. The van der Waals surface area contributed by atoms with Crippen LogP contribution in [0.15, 0.2) is 21.9 Å². The molecule has 1 fully saturated rings. The van der Waals surface area contributed by atoms with Gasteiger partial charge >= 0.3 is 12.6 Å². The van der Waals surface area contributed by atoms with Crippen LogP contribution in [0.2, 0.25) is 36.3 Å². The molecule has 37 heavy (non-hydrogen) atoms. The van der Waals surface area contributed by atoms with E-state index in [4.69, 9.17) is 33.9 Å². The highest BCUT2D eigenvalue weighted by molar-refractivity contribution is 7.81. The van der Waals surface area contributed by atoms with Gasteiger partial charge in [0.1, 0.15) is 18.3 Å². The maximum absolute atomic E-state index is 13.0. The van der Waals surface area contributed by atoms with Crippen molar-refractivity contribution < 1.29 is 27.2 Å². The Bertz CT molecular complexity index is 1100. The number of aromatic amines is 1. The molecule has 1 aliphatic heterocycles. The molecule has 214 valence electrons. The number of ether oxygens (including phenoxy) is 1. The van der Waals surface area contributed by atoms with E-state index >= 15 is 0 Å². The van der Waals surface area contributed by atoms with E-state index in [0.29, 0.717) is 0 Å². The van der Waals surface area contributed by atoms with Crippen LogP contribution in [0.5, 0.6) is 0 Å². The van der Waals surface area contributed by atoms with Gasteiger partial charge in [0.05, 0.1) is 13.2 Å². The van der Waals surface area contributed by atoms with Crippen LogP contribution < -0.4 is 11.2 Å². The molecule has 0 aliphatic carbocycles. The first kappa shape index (κ1) is 32.6. The molecule has 5 atom stereocenters. The summed E-state index contributed by atoms with van der Waals surface area (Å²) in [7, 11) is -4.69. The third-order valence-electron chi connectivity index (χ3n) is 7.59. The van der Waals surface area contributed by atoms with Crippen LogP contribution in [-0.4, -0.2) is 57.7 Å². The van der Waals surface area contributed by atoms with E-state index in [9.17, 15) is 14.2 Å². The molecule has 0 amide bonds. The maximum Gasteiger partial charge on any atom is 0.424 e. The minimum absolute atomic E-state index is 0.0681. The second kappa shape index (κ2) is 11.5. The van der Waals surface area contributed by atoms with Crippen LogP contribution >= 0.6 is 18.2 Å². The number of hydrogen-bond acceptors (Lipinski definition) is 8. The monoisotopic (exact) mass is 598 g/mol. The van der Waals surface area contributed by atoms with Crippen LogP contribution in [0.3, 0.4) is 0 Å². The normalized spacial score (nSPS) is 25.3. The second-order valence-electron chi connectivity index (χ2n) is 12.4. The van der Waals surface area contributed by atoms with E-state index in [2.05, 4.69) is 72.7 Å². The third-order valence-corrected chi connectivity index (χ3v) is 18.2. The van der Waals surface area contributed by atoms with Gasteiger partial charge in [-0.25, -0.2) is 9.36 Å². The van der Waals surface area contributed by atoms with Crippen LogP contribution in [0.1, 0.15) is 54.7 Å². The van der Waals surface area contributed by atoms with Gasteiger partial charge in [-0.3, -0.25) is 23.4 Å². The SMILES string of the molecule is CCOP(=O)(Cl)O[C@H]1[C@@H](O[Si](C)(C)C(C)(C)C)[C@H](n2ccc(=O)[nH]c2=O)O[C@@H]1CO[Si](C)(C)C(C)(C)C. The average Bonchev–Trinajstić information content (AvgIpc) is 3.00. The number of nitrogens with zero attached hydrogens (tertiary/aromatic N) is 1. The van der Waals surface area contributed by atoms with E-state index in [0.717, 1.165) is 0 Å². The summed E-state index contributed by atoms with van der Waals surface area (Å²) >= 11 is 6.18. The Morgan fingerprint density at radius 3 is 2.11 bits per heavy atom. The van der Waals surface area contributed by atoms with Crippen LogP contribution in [-0.2, 0) is 27.2 Å². The second-order valence-corrected chi connectivity index (χ2v) is 24.6. The van der Waals surface area contributed by atoms with Crippen molar-refractivity contribution >= 4 is 34.8 Å². The summed E-state index contributed by atoms with van der Waals surface area (Å²) in [6.07, 6.45) is -2.28. The Hall–Kier alpha value is -0.566. The van der Waals surface area contributed by atoms with Gasteiger partial charge in [0.15, 0.2) is 22.9 Å². The van der Waals surface area contributed by atoms with Crippen molar-refractivity contribution in [2.75, 3.05) is 13.2 Å². The van der Waals surface area contributed by atoms with Crippen LogP contribution in [0.4, 0.5) is 0 Å². The van der Waals surface area contributed by atoms with Gasteiger partial charge in [-0.15, -0.1) is 0 Å². The van der Waals surface area contributed by atoms with Gasteiger partial charge in [-0.1, -0.05) is 41.5 Å². The van der Waals surface area contributed by atoms with Gasteiger partial charge in [-0.2, -0.15) is 0 Å². The van der Waals surface area contributed by atoms with E-state index in [-0.39, 0.29) is 23.3 Å².